The lowest BCUT2D eigenvalue weighted by molar-refractivity contribution is 0.595. The second-order valence-electron chi connectivity index (χ2n) is 6.92. The topological polar surface area (TPSA) is 120 Å². The zero-order valence-corrected chi connectivity index (χ0v) is 19.2. The third-order valence-corrected chi connectivity index (χ3v) is 6.95. The van der Waals surface area contributed by atoms with Crippen molar-refractivity contribution in [2.24, 2.45) is 4.99 Å². The van der Waals surface area contributed by atoms with Gasteiger partial charge in [-0.3, -0.25) is 15.0 Å². The van der Waals surface area contributed by atoms with Crippen LogP contribution < -0.4 is 10.6 Å². The number of pyridine rings is 2. The van der Waals surface area contributed by atoms with E-state index < -0.39 is 9.84 Å². The predicted octanol–water partition coefficient (Wildman–Crippen LogP) is 3.78. The average Bonchev–Trinajstić information content (AvgIpc) is 2.81. The van der Waals surface area contributed by atoms with Crippen molar-refractivity contribution >= 4 is 32.9 Å². The molecule has 0 aliphatic carbocycles. The summed E-state index contributed by atoms with van der Waals surface area (Å²) in [4.78, 5) is 12.9. The van der Waals surface area contributed by atoms with Gasteiger partial charge in [0.25, 0.3) is 0 Å². The zero-order chi connectivity index (χ0) is 22.8. The second kappa shape index (κ2) is 11.3. The maximum Gasteiger partial charge on any atom is 0.208 e. The number of rotatable bonds is 8. The Morgan fingerprint density at radius 2 is 1.78 bits per heavy atom. The van der Waals surface area contributed by atoms with Crippen LogP contribution in [0.3, 0.4) is 0 Å². The van der Waals surface area contributed by atoms with Crippen molar-refractivity contribution in [3.05, 3.63) is 78.4 Å². The van der Waals surface area contributed by atoms with E-state index in [9.17, 15) is 8.42 Å². The Balaban J connectivity index is 1.70. The molecule has 32 heavy (non-hydrogen) atoms. The van der Waals surface area contributed by atoms with Crippen LogP contribution in [-0.4, -0.2) is 36.6 Å². The fourth-order valence-electron chi connectivity index (χ4n) is 2.86. The first-order chi connectivity index (χ1) is 15.5. The monoisotopic (exact) mass is 468 g/mol. The number of aryl methyl sites for hydroxylation is 1. The number of hydrogen-bond donors (Lipinski definition) is 2. The molecule has 2 heterocycles. The van der Waals surface area contributed by atoms with E-state index in [2.05, 4.69) is 25.6 Å². The number of nitrogens with zero attached hydrogens (tertiary/aromatic N) is 4. The van der Waals surface area contributed by atoms with Gasteiger partial charge in [0.15, 0.2) is 5.96 Å². The standard InChI is InChI=1S/C22H24N6O2S2/c1-17-7-11-25-16-21(17)32(29,30)20-5-3-18(4-6-20)15-27-22(26-10-2-14-31-23)28-19-8-12-24-13-9-19/h3-9,11-13,16H,2,10,14-15H2,1H3,(H2,24,26,27,28). The summed E-state index contributed by atoms with van der Waals surface area (Å²) in [7, 11) is -3.62. The fourth-order valence-corrected chi connectivity index (χ4v) is 4.56. The molecule has 166 valence electrons. The highest BCUT2D eigenvalue weighted by Crippen LogP contribution is 2.23. The van der Waals surface area contributed by atoms with Crippen LogP contribution >= 0.6 is 11.4 Å². The third-order valence-electron chi connectivity index (χ3n) is 4.58. The highest BCUT2D eigenvalue weighted by Gasteiger charge is 2.19. The first-order valence-corrected chi connectivity index (χ1v) is 12.4. The number of anilines is 1. The van der Waals surface area contributed by atoms with Gasteiger partial charge in [-0.25, -0.2) is 8.42 Å². The summed E-state index contributed by atoms with van der Waals surface area (Å²) in [6, 6.07) is 12.1. The lowest BCUT2D eigenvalue weighted by atomic mass is 10.2. The SMILES string of the molecule is Cc1ccncc1S(=O)(=O)c1ccc(CN/C(=N\CCCS#N)Nc2ccncc2)cc1. The van der Waals surface area contributed by atoms with Crippen LogP contribution in [0.15, 0.2) is 82.0 Å². The van der Waals surface area contributed by atoms with E-state index in [1.165, 1.54) is 6.20 Å². The van der Waals surface area contributed by atoms with Gasteiger partial charge < -0.3 is 10.6 Å². The van der Waals surface area contributed by atoms with Crippen molar-refractivity contribution in [3.8, 4) is 0 Å². The van der Waals surface area contributed by atoms with Crippen molar-refractivity contribution in [3.63, 3.8) is 0 Å². The first-order valence-electron chi connectivity index (χ1n) is 9.97. The summed E-state index contributed by atoms with van der Waals surface area (Å²) < 4.78 is 34.7. The highest BCUT2D eigenvalue weighted by atomic mass is 32.2. The van der Waals surface area contributed by atoms with E-state index in [0.29, 0.717) is 30.4 Å². The molecular formula is C22H24N6O2S2. The largest absolute Gasteiger partial charge is 0.352 e. The summed E-state index contributed by atoms with van der Waals surface area (Å²) in [5, 5.41) is 6.47. The fraction of sp³-hybridized carbons (Fsp3) is 0.227. The molecule has 0 bridgehead atoms. The van der Waals surface area contributed by atoms with Gasteiger partial charge in [-0.15, -0.1) is 0 Å². The van der Waals surface area contributed by atoms with E-state index in [4.69, 9.17) is 4.61 Å². The van der Waals surface area contributed by atoms with Gasteiger partial charge in [0.2, 0.25) is 9.84 Å². The average molecular weight is 469 g/mol. The third kappa shape index (κ3) is 6.34. The molecule has 0 saturated carbocycles. The molecule has 1 aromatic carbocycles. The molecule has 3 aromatic rings. The Morgan fingerprint density at radius 1 is 1.06 bits per heavy atom. The Bertz CT molecular complexity index is 1210. The van der Waals surface area contributed by atoms with Gasteiger partial charge >= 0.3 is 0 Å². The lowest BCUT2D eigenvalue weighted by Crippen LogP contribution is -2.30. The van der Waals surface area contributed by atoms with E-state index in [1.54, 1.807) is 55.8 Å². The van der Waals surface area contributed by atoms with Crippen molar-refractivity contribution in [1.82, 2.24) is 15.3 Å². The second-order valence-corrected chi connectivity index (χ2v) is 9.50. The summed E-state index contributed by atoms with van der Waals surface area (Å²) in [6.45, 7) is 2.76. The molecule has 0 unspecified atom stereocenters. The van der Waals surface area contributed by atoms with Crippen LogP contribution in [0.25, 0.3) is 0 Å². The van der Waals surface area contributed by atoms with Crippen LogP contribution in [0.5, 0.6) is 0 Å². The Hall–Kier alpha value is -3.33. The number of nitrogens with one attached hydrogen (secondary N) is 2. The van der Waals surface area contributed by atoms with Gasteiger partial charge in [-0.05, 0) is 54.8 Å². The van der Waals surface area contributed by atoms with Gasteiger partial charge in [-0.1, -0.05) is 12.1 Å². The number of sulfone groups is 1. The molecule has 0 aliphatic heterocycles. The van der Waals surface area contributed by atoms with Crippen LogP contribution in [0.4, 0.5) is 5.69 Å². The molecule has 8 nitrogen and oxygen atoms in total. The minimum absolute atomic E-state index is 0.211. The quantitative estimate of drug-likeness (QED) is 0.293. The van der Waals surface area contributed by atoms with Crippen LogP contribution in [0, 0.1) is 11.5 Å². The maximum absolute atomic E-state index is 12.9. The van der Waals surface area contributed by atoms with Crippen LogP contribution in [-0.2, 0) is 16.4 Å². The number of aliphatic imine (C=N–C) groups is 1. The molecule has 0 radical (unpaired) electrons. The van der Waals surface area contributed by atoms with Crippen molar-refractivity contribution < 1.29 is 8.42 Å². The first kappa shape index (κ1) is 23.3. The number of aromatic nitrogens is 2. The molecule has 0 fully saturated rings. The van der Waals surface area contributed by atoms with Crippen molar-refractivity contribution in [2.45, 2.75) is 29.7 Å². The molecule has 10 heteroatoms. The minimum Gasteiger partial charge on any atom is -0.352 e. The summed E-state index contributed by atoms with van der Waals surface area (Å²) in [6.07, 6.45) is 7.06. The molecule has 0 amide bonds. The molecule has 0 spiro atoms. The Morgan fingerprint density at radius 3 is 2.47 bits per heavy atom. The smallest absolute Gasteiger partial charge is 0.208 e. The summed E-state index contributed by atoms with van der Waals surface area (Å²) >= 11 is 0.799. The number of hydrogen-bond acceptors (Lipinski definition) is 6. The molecule has 0 atom stereocenters. The zero-order valence-electron chi connectivity index (χ0n) is 17.6. The number of benzene rings is 1. The normalized spacial score (nSPS) is 11.7. The van der Waals surface area contributed by atoms with Gasteiger partial charge in [0, 0.05) is 60.7 Å². The van der Waals surface area contributed by atoms with E-state index in [1.807, 2.05) is 12.1 Å². The minimum atomic E-state index is -3.62. The molecule has 0 aliphatic rings. The van der Waals surface area contributed by atoms with Crippen LogP contribution in [0.1, 0.15) is 17.5 Å². The summed E-state index contributed by atoms with van der Waals surface area (Å²) in [5.41, 5.74) is 2.41. The Labute approximate surface area is 191 Å². The van der Waals surface area contributed by atoms with Crippen LogP contribution in [0.2, 0.25) is 0 Å². The van der Waals surface area contributed by atoms with Crippen molar-refractivity contribution in [2.75, 3.05) is 17.6 Å². The lowest BCUT2D eigenvalue weighted by Gasteiger charge is -2.13. The summed E-state index contributed by atoms with van der Waals surface area (Å²) in [5.74, 6) is 1.19. The predicted molar refractivity (Wildman–Crippen MR) is 127 cm³/mol. The molecule has 2 N–H and O–H groups in total. The van der Waals surface area contributed by atoms with Gasteiger partial charge in [0.05, 0.1) is 9.79 Å². The van der Waals surface area contributed by atoms with Gasteiger partial charge in [0.1, 0.15) is 0 Å². The molecule has 2 aromatic heterocycles. The highest BCUT2D eigenvalue weighted by molar-refractivity contribution is 7.91. The number of guanidine groups is 1. The molecule has 0 saturated heterocycles. The maximum atomic E-state index is 12.9. The van der Waals surface area contributed by atoms with Gasteiger partial charge in [-0.2, -0.15) is 4.61 Å². The van der Waals surface area contributed by atoms with E-state index in [-0.39, 0.29) is 9.79 Å². The van der Waals surface area contributed by atoms with Crippen molar-refractivity contribution in [1.29, 1.82) is 4.61 Å². The van der Waals surface area contributed by atoms with E-state index >= 15 is 0 Å². The molecule has 3 rings (SSSR count). The van der Waals surface area contributed by atoms with E-state index in [0.717, 1.165) is 29.1 Å². The molecular weight excluding hydrogens is 444 g/mol. The Kier molecular flexibility index (Phi) is 8.27.